The average molecular weight is 274 g/mol. The van der Waals surface area contributed by atoms with Crippen LogP contribution in [0.25, 0.3) is 0 Å². The van der Waals surface area contributed by atoms with Crippen LogP contribution < -0.4 is 11.1 Å². The minimum atomic E-state index is -0.991. The van der Waals surface area contributed by atoms with Crippen LogP contribution in [-0.2, 0) is 14.3 Å². The fraction of sp³-hybridized carbons (Fsp3) is 0.692. The number of esters is 1. The van der Waals surface area contributed by atoms with Crippen LogP contribution >= 0.6 is 0 Å². The van der Waals surface area contributed by atoms with Crippen LogP contribution in [-0.4, -0.2) is 37.9 Å². The van der Waals surface area contributed by atoms with Crippen molar-refractivity contribution in [3.63, 3.8) is 0 Å². The molecule has 1 unspecified atom stereocenters. The summed E-state index contributed by atoms with van der Waals surface area (Å²) in [6, 6.07) is -0.259. The number of nitrogens with two attached hydrogens (primary N) is 1. The maximum Gasteiger partial charge on any atom is 0.516 e. The highest BCUT2D eigenvalue weighted by Crippen LogP contribution is 1.99. The number of hydrogen-bond acceptors (Lipinski definition) is 6. The van der Waals surface area contributed by atoms with Gasteiger partial charge in [-0.3, -0.25) is 0 Å². The second kappa shape index (κ2) is 13.0. The molecule has 112 valence electrons. The number of nitrogens with one attached hydrogen (secondary N) is 1. The highest BCUT2D eigenvalue weighted by molar-refractivity contribution is 5.94. The molecule has 3 N–H and O–H groups in total. The fourth-order valence-corrected chi connectivity index (χ4v) is 1.02. The first-order valence-corrected chi connectivity index (χ1v) is 6.42. The molecule has 0 aromatic carbocycles. The smallest absolute Gasteiger partial charge is 0.434 e. The molecule has 0 aliphatic heterocycles. The standard InChI is InChI=1S/C9H15NO4.C4H11N/c1-4-13-9(12)14-8(11)6(2)5-7(3)10;1-3-5-4-2/h5,7H,4,10H2,1-3H3;5H,3-4H2,1-2H3. The van der Waals surface area contributed by atoms with E-state index >= 15 is 0 Å². The van der Waals surface area contributed by atoms with Gasteiger partial charge in [-0.25, -0.2) is 9.59 Å². The Morgan fingerprint density at radius 2 is 1.79 bits per heavy atom. The van der Waals surface area contributed by atoms with Gasteiger partial charge in [0, 0.05) is 11.6 Å². The van der Waals surface area contributed by atoms with Gasteiger partial charge in [0.15, 0.2) is 0 Å². The van der Waals surface area contributed by atoms with Gasteiger partial charge in [0.1, 0.15) is 0 Å². The predicted octanol–water partition coefficient (Wildman–Crippen LogP) is 1.60. The van der Waals surface area contributed by atoms with Gasteiger partial charge in [0.05, 0.1) is 6.61 Å². The summed E-state index contributed by atoms with van der Waals surface area (Å²) in [7, 11) is 0. The summed E-state index contributed by atoms with van der Waals surface area (Å²) in [6.45, 7) is 11.4. The van der Waals surface area contributed by atoms with Crippen molar-refractivity contribution in [1.29, 1.82) is 0 Å². The largest absolute Gasteiger partial charge is 0.516 e. The van der Waals surface area contributed by atoms with Crippen LogP contribution in [0.15, 0.2) is 11.6 Å². The molecule has 0 saturated carbocycles. The number of rotatable bonds is 5. The number of hydrogen-bond donors (Lipinski definition) is 2. The average Bonchev–Trinajstić information content (AvgIpc) is 2.30. The van der Waals surface area contributed by atoms with E-state index in [0.29, 0.717) is 0 Å². The van der Waals surface area contributed by atoms with E-state index in [1.54, 1.807) is 13.8 Å². The van der Waals surface area contributed by atoms with Crippen LogP contribution in [0.2, 0.25) is 0 Å². The number of carbonyl (C=O) groups excluding carboxylic acids is 2. The van der Waals surface area contributed by atoms with E-state index < -0.39 is 12.1 Å². The number of carbonyl (C=O) groups is 2. The Bertz CT molecular complexity index is 286. The Kier molecular flexibility index (Phi) is 13.7. The Morgan fingerprint density at radius 1 is 1.26 bits per heavy atom. The van der Waals surface area contributed by atoms with E-state index in [4.69, 9.17) is 5.73 Å². The summed E-state index contributed by atoms with van der Waals surface area (Å²) in [5, 5.41) is 3.11. The lowest BCUT2D eigenvalue weighted by molar-refractivity contribution is -0.135. The van der Waals surface area contributed by atoms with Crippen molar-refractivity contribution in [2.24, 2.45) is 5.73 Å². The maximum absolute atomic E-state index is 11.1. The molecule has 1 atom stereocenters. The van der Waals surface area contributed by atoms with Crippen molar-refractivity contribution < 1.29 is 19.1 Å². The lowest BCUT2D eigenvalue weighted by Gasteiger charge is -2.03. The lowest BCUT2D eigenvalue weighted by atomic mass is 10.2. The molecule has 0 radical (unpaired) electrons. The highest BCUT2D eigenvalue weighted by Gasteiger charge is 2.12. The monoisotopic (exact) mass is 274 g/mol. The molecule has 0 fully saturated rings. The van der Waals surface area contributed by atoms with Gasteiger partial charge >= 0.3 is 12.1 Å². The molecule has 0 rings (SSSR count). The summed E-state index contributed by atoms with van der Waals surface area (Å²) < 4.78 is 8.76. The zero-order valence-corrected chi connectivity index (χ0v) is 12.5. The molecule has 6 heteroatoms. The summed E-state index contributed by atoms with van der Waals surface area (Å²) >= 11 is 0. The van der Waals surface area contributed by atoms with Gasteiger partial charge in [0.25, 0.3) is 0 Å². The van der Waals surface area contributed by atoms with Crippen molar-refractivity contribution in [1.82, 2.24) is 5.32 Å². The third-order valence-corrected chi connectivity index (χ3v) is 1.77. The molecular formula is C13H26N2O4. The third kappa shape index (κ3) is 14.5. The van der Waals surface area contributed by atoms with Crippen LogP contribution in [0.3, 0.4) is 0 Å². The van der Waals surface area contributed by atoms with Gasteiger partial charge in [-0.1, -0.05) is 19.9 Å². The molecule has 0 bridgehead atoms. The minimum Gasteiger partial charge on any atom is -0.434 e. The summed E-state index contributed by atoms with van der Waals surface area (Å²) in [4.78, 5) is 21.8. The first-order chi connectivity index (χ1) is 8.88. The van der Waals surface area contributed by atoms with Crippen LogP contribution in [0.4, 0.5) is 4.79 Å². The zero-order valence-electron chi connectivity index (χ0n) is 12.5. The van der Waals surface area contributed by atoms with Crippen molar-refractivity contribution in [2.75, 3.05) is 19.7 Å². The van der Waals surface area contributed by atoms with Crippen molar-refractivity contribution >= 4 is 12.1 Å². The Hall–Kier alpha value is -1.40. The van der Waals surface area contributed by atoms with E-state index in [0.717, 1.165) is 13.1 Å². The highest BCUT2D eigenvalue weighted by atomic mass is 16.7. The second-order valence-corrected chi connectivity index (χ2v) is 3.74. The Morgan fingerprint density at radius 3 is 2.11 bits per heavy atom. The van der Waals surface area contributed by atoms with E-state index in [-0.39, 0.29) is 18.2 Å². The first kappa shape index (κ1) is 19.9. The maximum atomic E-state index is 11.1. The van der Waals surface area contributed by atoms with E-state index in [9.17, 15) is 9.59 Å². The SMILES string of the molecule is CCNCC.CCOC(=O)OC(=O)C(C)=CC(C)N. The molecule has 6 nitrogen and oxygen atoms in total. The molecule has 0 amide bonds. The van der Waals surface area contributed by atoms with Crippen LogP contribution in [0.1, 0.15) is 34.6 Å². The van der Waals surface area contributed by atoms with Crippen LogP contribution in [0.5, 0.6) is 0 Å². The molecule has 0 aromatic rings. The zero-order chi connectivity index (χ0) is 15.3. The molecule has 0 aliphatic carbocycles. The molecule has 0 saturated heterocycles. The molecule has 0 aliphatic rings. The quantitative estimate of drug-likeness (QED) is 0.449. The Balaban J connectivity index is 0. The summed E-state index contributed by atoms with van der Waals surface area (Å²) in [5.41, 5.74) is 5.71. The van der Waals surface area contributed by atoms with Crippen molar-refractivity contribution in [3.05, 3.63) is 11.6 Å². The molecule has 0 aromatic heterocycles. The van der Waals surface area contributed by atoms with E-state index in [1.165, 1.54) is 13.0 Å². The normalized spacial score (nSPS) is 12.0. The summed E-state index contributed by atoms with van der Waals surface area (Å²) in [6.07, 6.45) is 0.511. The Labute approximate surface area is 115 Å². The van der Waals surface area contributed by atoms with Crippen molar-refractivity contribution in [3.8, 4) is 0 Å². The van der Waals surface area contributed by atoms with Gasteiger partial charge in [-0.05, 0) is 33.9 Å². The van der Waals surface area contributed by atoms with Gasteiger partial charge in [-0.2, -0.15) is 0 Å². The first-order valence-electron chi connectivity index (χ1n) is 6.42. The van der Waals surface area contributed by atoms with Gasteiger partial charge in [0.2, 0.25) is 0 Å². The molecular weight excluding hydrogens is 248 g/mol. The van der Waals surface area contributed by atoms with Gasteiger partial charge in [-0.15, -0.1) is 0 Å². The van der Waals surface area contributed by atoms with E-state index in [1.807, 2.05) is 0 Å². The predicted molar refractivity (Wildman–Crippen MR) is 74.7 cm³/mol. The minimum absolute atomic E-state index is 0.169. The molecule has 19 heavy (non-hydrogen) atoms. The van der Waals surface area contributed by atoms with Gasteiger partial charge < -0.3 is 20.5 Å². The van der Waals surface area contributed by atoms with E-state index in [2.05, 4.69) is 28.6 Å². The topological polar surface area (TPSA) is 90.6 Å². The molecule has 0 spiro atoms. The lowest BCUT2D eigenvalue weighted by Crippen LogP contribution is -2.17. The van der Waals surface area contributed by atoms with Crippen molar-refractivity contribution in [2.45, 2.75) is 40.7 Å². The molecule has 0 heterocycles. The second-order valence-electron chi connectivity index (χ2n) is 3.74. The van der Waals surface area contributed by atoms with Crippen LogP contribution in [0, 0.1) is 0 Å². The number of ether oxygens (including phenoxy) is 2. The fourth-order valence-electron chi connectivity index (χ4n) is 1.02. The third-order valence-electron chi connectivity index (χ3n) is 1.77. The summed E-state index contributed by atoms with van der Waals surface area (Å²) in [5.74, 6) is -0.735.